The molecular weight excluding hydrogens is 557 g/mol. The van der Waals surface area contributed by atoms with Crippen LogP contribution in [-0.2, 0) is 23.4 Å². The first-order valence-corrected chi connectivity index (χ1v) is 14.5. The highest BCUT2D eigenvalue weighted by Gasteiger charge is 2.44. The fourth-order valence-electron chi connectivity index (χ4n) is 4.56. The monoisotopic (exact) mass is 587 g/mol. The van der Waals surface area contributed by atoms with E-state index in [0.717, 1.165) is 16.2 Å². The minimum Gasteiger partial charge on any atom is -0.462 e. The Bertz CT molecular complexity index is 1730. The van der Waals surface area contributed by atoms with Crippen molar-refractivity contribution in [2.24, 2.45) is 5.92 Å². The van der Waals surface area contributed by atoms with Crippen LogP contribution in [0.25, 0.3) is 16.7 Å². The molecule has 0 aliphatic carbocycles. The van der Waals surface area contributed by atoms with Gasteiger partial charge in [-0.15, -0.1) is 0 Å². The number of nitrogens with one attached hydrogen (secondary N) is 2. The van der Waals surface area contributed by atoms with E-state index in [1.807, 2.05) is 28.8 Å². The molecule has 218 valence electrons. The van der Waals surface area contributed by atoms with Crippen LogP contribution in [0.5, 0.6) is 5.75 Å². The van der Waals surface area contributed by atoms with Crippen molar-refractivity contribution in [2.45, 2.75) is 45.3 Å². The predicted molar refractivity (Wildman–Crippen MR) is 147 cm³/mol. The summed E-state index contributed by atoms with van der Waals surface area (Å²) in [5.41, 5.74) is 0.824. The number of hydrogen-bond acceptors (Lipinski definition) is 10. The molecule has 1 aliphatic rings. The molecule has 15 heteroatoms. The fraction of sp³-hybridized carbons (Fsp3) is 0.385. The quantitative estimate of drug-likeness (QED) is 0.183. The number of carbonyl (C=O) groups is 1. The van der Waals surface area contributed by atoms with E-state index in [2.05, 4.69) is 15.1 Å². The molecule has 0 spiro atoms. The Morgan fingerprint density at radius 1 is 1.22 bits per heavy atom. The van der Waals surface area contributed by atoms with Crippen molar-refractivity contribution in [2.75, 3.05) is 13.2 Å². The van der Waals surface area contributed by atoms with Crippen LogP contribution in [0.1, 0.15) is 27.0 Å². The van der Waals surface area contributed by atoms with Crippen molar-refractivity contribution in [1.82, 2.24) is 24.0 Å². The van der Waals surface area contributed by atoms with E-state index in [9.17, 15) is 24.1 Å². The molecule has 3 N–H and O–H groups in total. The first-order chi connectivity index (χ1) is 19.5. The maximum absolute atomic E-state index is 13.8. The van der Waals surface area contributed by atoms with Gasteiger partial charge in [-0.3, -0.25) is 28.1 Å². The summed E-state index contributed by atoms with van der Waals surface area (Å²) < 4.78 is 39.3. The molecule has 1 aromatic carbocycles. The molecule has 3 aromatic heterocycles. The third-order valence-electron chi connectivity index (χ3n) is 6.51. The van der Waals surface area contributed by atoms with Gasteiger partial charge in [0.15, 0.2) is 0 Å². The van der Waals surface area contributed by atoms with Gasteiger partial charge in [-0.2, -0.15) is 0 Å². The van der Waals surface area contributed by atoms with E-state index >= 15 is 0 Å². The van der Waals surface area contributed by atoms with Crippen molar-refractivity contribution >= 4 is 30.4 Å². The number of aromatic amines is 1. The first-order valence-electron chi connectivity index (χ1n) is 12.9. The van der Waals surface area contributed by atoms with Crippen LogP contribution >= 0.6 is 7.75 Å². The van der Waals surface area contributed by atoms with Crippen LogP contribution in [0, 0.1) is 5.92 Å². The number of rotatable bonds is 10. The van der Waals surface area contributed by atoms with Crippen molar-refractivity contribution in [3.63, 3.8) is 0 Å². The van der Waals surface area contributed by atoms with Gasteiger partial charge in [-0.05, 0) is 38.1 Å². The molecular formula is C26H30N5O9P. The molecule has 5 rings (SSSR count). The molecule has 14 nitrogen and oxygen atoms in total. The standard InChI is InChI=1S/C26H30N5O9P/c1-15(2)38-23(33)13-27-41(36,40-17-7-8-19-18(12-17)28-21-6-4-5-10-30(19)21)37-14-20-24(34)16(3)25(39-20)31-11-9-22(32)29-26(31)35/h4-12,15-16,20,24-25,34H,13-14H2,1-3H3,(H,27,36)(H,29,32,35). The van der Waals surface area contributed by atoms with Gasteiger partial charge in [0, 0.05) is 30.4 Å². The normalized spacial score (nSPS) is 22.3. The summed E-state index contributed by atoms with van der Waals surface area (Å²) in [5.74, 6) is -1.10. The van der Waals surface area contributed by atoms with Crippen molar-refractivity contribution in [3.05, 3.63) is 75.7 Å². The average molecular weight is 588 g/mol. The number of nitrogens with zero attached hydrogens (tertiary/aromatic N) is 3. The third kappa shape index (κ3) is 6.26. The Morgan fingerprint density at radius 2 is 2.02 bits per heavy atom. The van der Waals surface area contributed by atoms with Gasteiger partial charge in [0.25, 0.3) is 5.56 Å². The number of H-pyrrole nitrogens is 1. The molecule has 5 atom stereocenters. The zero-order valence-electron chi connectivity index (χ0n) is 22.5. The number of aliphatic hydroxyl groups is 1. The molecule has 4 heterocycles. The van der Waals surface area contributed by atoms with Crippen LogP contribution < -0.4 is 20.9 Å². The lowest BCUT2D eigenvalue weighted by Gasteiger charge is -2.22. The number of pyridine rings is 1. The summed E-state index contributed by atoms with van der Waals surface area (Å²) >= 11 is 0. The summed E-state index contributed by atoms with van der Waals surface area (Å²) in [6, 6.07) is 11.7. The Morgan fingerprint density at radius 3 is 2.78 bits per heavy atom. The zero-order chi connectivity index (χ0) is 29.3. The molecule has 1 fully saturated rings. The fourth-order valence-corrected chi connectivity index (χ4v) is 5.83. The van der Waals surface area contributed by atoms with Crippen LogP contribution in [0.15, 0.2) is 64.4 Å². The van der Waals surface area contributed by atoms with Gasteiger partial charge < -0.3 is 19.1 Å². The maximum atomic E-state index is 13.8. The Labute approximate surface area is 233 Å². The number of aromatic nitrogens is 4. The van der Waals surface area contributed by atoms with E-state index in [4.69, 9.17) is 18.5 Å². The smallest absolute Gasteiger partial charge is 0.459 e. The lowest BCUT2D eigenvalue weighted by Crippen LogP contribution is -2.33. The number of benzene rings is 1. The molecule has 0 saturated carbocycles. The van der Waals surface area contributed by atoms with Crippen molar-refractivity contribution < 1.29 is 33.0 Å². The lowest BCUT2D eigenvalue weighted by molar-refractivity contribution is -0.146. The minimum absolute atomic E-state index is 0.160. The molecule has 5 unspecified atom stereocenters. The van der Waals surface area contributed by atoms with Gasteiger partial charge in [0.05, 0.1) is 29.8 Å². The highest BCUT2D eigenvalue weighted by atomic mass is 31.2. The van der Waals surface area contributed by atoms with Crippen molar-refractivity contribution in [3.8, 4) is 5.75 Å². The molecule has 0 radical (unpaired) electrons. The van der Waals surface area contributed by atoms with Gasteiger partial charge in [0.1, 0.15) is 30.3 Å². The van der Waals surface area contributed by atoms with Gasteiger partial charge in [0.2, 0.25) is 0 Å². The lowest BCUT2D eigenvalue weighted by atomic mass is 10.0. The van der Waals surface area contributed by atoms with E-state index in [0.29, 0.717) is 11.2 Å². The van der Waals surface area contributed by atoms with Gasteiger partial charge in [-0.25, -0.2) is 19.4 Å². The predicted octanol–water partition coefficient (Wildman–Crippen LogP) is 1.98. The highest BCUT2D eigenvalue weighted by molar-refractivity contribution is 7.52. The first kappa shape index (κ1) is 28.7. The second-order valence-corrected chi connectivity index (χ2v) is 11.6. The average Bonchev–Trinajstić information content (AvgIpc) is 3.42. The van der Waals surface area contributed by atoms with Crippen LogP contribution in [-0.4, -0.2) is 61.5 Å². The highest BCUT2D eigenvalue weighted by Crippen LogP contribution is 2.46. The topological polar surface area (TPSA) is 175 Å². The largest absolute Gasteiger partial charge is 0.462 e. The summed E-state index contributed by atoms with van der Waals surface area (Å²) in [7, 11) is -4.25. The summed E-state index contributed by atoms with van der Waals surface area (Å²) in [5, 5.41) is 13.3. The number of carbonyl (C=O) groups excluding carboxylic acids is 1. The summed E-state index contributed by atoms with van der Waals surface area (Å²) in [4.78, 5) is 42.6. The van der Waals surface area contributed by atoms with Crippen LogP contribution in [0.4, 0.5) is 0 Å². The Balaban J connectivity index is 1.35. The summed E-state index contributed by atoms with van der Waals surface area (Å²) in [6.07, 6.45) is -0.314. The number of imidazole rings is 1. The molecule has 4 aromatic rings. The van der Waals surface area contributed by atoms with Gasteiger partial charge in [-0.1, -0.05) is 13.0 Å². The second-order valence-electron chi connectivity index (χ2n) is 9.88. The van der Waals surface area contributed by atoms with E-state index < -0.39 is 62.5 Å². The van der Waals surface area contributed by atoms with Crippen LogP contribution in [0.2, 0.25) is 0 Å². The minimum atomic E-state index is -4.25. The SMILES string of the molecule is CC(C)OC(=O)CNP(=O)(OCC1OC(n2ccc(=O)[nH]c2=O)C(C)C1O)Oc1ccc2c(c1)nc1ccccn12. The van der Waals surface area contributed by atoms with Crippen molar-refractivity contribution in [1.29, 1.82) is 0 Å². The van der Waals surface area contributed by atoms with E-state index in [1.165, 1.54) is 6.20 Å². The summed E-state index contributed by atoms with van der Waals surface area (Å²) in [6.45, 7) is 4.12. The number of aliphatic hydroxyl groups excluding tert-OH is 1. The maximum Gasteiger partial charge on any atom is 0.459 e. The van der Waals surface area contributed by atoms with Gasteiger partial charge >= 0.3 is 19.4 Å². The van der Waals surface area contributed by atoms with Crippen LogP contribution in [0.3, 0.4) is 0 Å². The number of fused-ring (bicyclic) bond motifs is 3. The molecule has 41 heavy (non-hydrogen) atoms. The Hall–Kier alpha value is -3.81. The van der Waals surface area contributed by atoms with E-state index in [1.54, 1.807) is 39.0 Å². The molecule has 1 saturated heterocycles. The number of esters is 1. The second kappa shape index (κ2) is 11.6. The number of hydrogen-bond donors (Lipinski definition) is 3. The molecule has 0 amide bonds. The zero-order valence-corrected chi connectivity index (χ0v) is 23.4. The number of ether oxygens (including phenoxy) is 2. The molecule has 1 aliphatic heterocycles. The third-order valence-corrected chi connectivity index (χ3v) is 7.99. The molecule has 0 bridgehead atoms. The van der Waals surface area contributed by atoms with E-state index in [-0.39, 0.29) is 11.9 Å². The Kier molecular flexibility index (Phi) is 8.11.